The fourth-order valence-corrected chi connectivity index (χ4v) is 5.36. The smallest absolute Gasteiger partial charge is 0.322 e. The highest BCUT2D eigenvalue weighted by molar-refractivity contribution is 9.10. The molecule has 0 radical (unpaired) electrons. The number of benzene rings is 1. The summed E-state index contributed by atoms with van der Waals surface area (Å²) in [6.07, 6.45) is -0.191. The van der Waals surface area contributed by atoms with Crippen molar-refractivity contribution in [3.05, 3.63) is 28.7 Å². The van der Waals surface area contributed by atoms with E-state index < -0.39 is 16.1 Å². The summed E-state index contributed by atoms with van der Waals surface area (Å²) < 4.78 is 27.5. The molecule has 1 N–H and O–H groups in total. The van der Waals surface area contributed by atoms with E-state index in [1.807, 2.05) is 4.90 Å². The van der Waals surface area contributed by atoms with Gasteiger partial charge >= 0.3 is 6.03 Å². The first-order chi connectivity index (χ1) is 11.8. The van der Waals surface area contributed by atoms with Crippen LogP contribution in [0.5, 0.6) is 0 Å². The molecule has 2 heterocycles. The molecule has 1 aromatic rings. The number of amides is 3. The van der Waals surface area contributed by atoms with Crippen molar-refractivity contribution >= 4 is 37.9 Å². The SMILES string of the molecule is CN1C(=O)CC(N2CCN(S(=O)(=O)c3ccccc3Br)CC2)NC1=O. The van der Waals surface area contributed by atoms with Crippen LogP contribution < -0.4 is 5.32 Å². The van der Waals surface area contributed by atoms with Gasteiger partial charge in [-0.2, -0.15) is 4.31 Å². The number of carbonyl (C=O) groups excluding carboxylic acids is 2. The van der Waals surface area contributed by atoms with Gasteiger partial charge in [-0.15, -0.1) is 0 Å². The van der Waals surface area contributed by atoms with Crippen LogP contribution in [0.3, 0.4) is 0 Å². The fraction of sp³-hybridized carbons (Fsp3) is 0.467. The molecule has 0 aliphatic carbocycles. The van der Waals surface area contributed by atoms with Gasteiger partial charge in [-0.05, 0) is 28.1 Å². The first-order valence-corrected chi connectivity index (χ1v) is 10.1. The van der Waals surface area contributed by atoms with Gasteiger partial charge in [0.25, 0.3) is 0 Å². The van der Waals surface area contributed by atoms with Crippen LogP contribution in [0, 0.1) is 0 Å². The van der Waals surface area contributed by atoms with Crippen LogP contribution in [0.4, 0.5) is 4.79 Å². The largest absolute Gasteiger partial charge is 0.325 e. The van der Waals surface area contributed by atoms with E-state index in [0.29, 0.717) is 30.7 Å². The molecule has 2 fully saturated rings. The normalized spacial score (nSPS) is 23.6. The van der Waals surface area contributed by atoms with E-state index in [1.54, 1.807) is 24.3 Å². The Morgan fingerprint density at radius 2 is 1.76 bits per heavy atom. The standard InChI is InChI=1S/C15H19BrN4O4S/c1-18-14(21)10-13(17-15(18)22)19-6-8-20(9-7-19)25(23,24)12-5-3-2-4-11(12)16/h2-5,13H,6-10H2,1H3,(H,17,22). The third-order valence-corrected chi connectivity index (χ3v) is 7.42. The molecule has 0 saturated carbocycles. The molecule has 0 aromatic heterocycles. The molecule has 2 aliphatic heterocycles. The molecule has 3 amide bonds. The van der Waals surface area contributed by atoms with Crippen molar-refractivity contribution < 1.29 is 18.0 Å². The number of urea groups is 1. The first kappa shape index (κ1) is 18.3. The summed E-state index contributed by atoms with van der Waals surface area (Å²) in [5.74, 6) is -0.239. The maximum Gasteiger partial charge on any atom is 0.325 e. The Morgan fingerprint density at radius 1 is 1.12 bits per heavy atom. The highest BCUT2D eigenvalue weighted by atomic mass is 79.9. The average Bonchev–Trinajstić information content (AvgIpc) is 2.59. The number of hydrogen-bond donors (Lipinski definition) is 1. The Labute approximate surface area is 154 Å². The molecule has 10 heteroatoms. The van der Waals surface area contributed by atoms with Crippen LogP contribution in [0.2, 0.25) is 0 Å². The Balaban J connectivity index is 1.67. The number of sulfonamides is 1. The average molecular weight is 431 g/mol. The fourth-order valence-electron chi connectivity index (χ4n) is 2.97. The molecule has 136 valence electrons. The third kappa shape index (κ3) is 3.57. The van der Waals surface area contributed by atoms with Gasteiger partial charge in [0, 0.05) is 37.7 Å². The van der Waals surface area contributed by atoms with E-state index in [-0.39, 0.29) is 23.4 Å². The van der Waals surface area contributed by atoms with E-state index in [4.69, 9.17) is 0 Å². The Kier molecular flexibility index (Phi) is 5.14. The van der Waals surface area contributed by atoms with Crippen LogP contribution in [0.15, 0.2) is 33.6 Å². The predicted octanol–water partition coefficient (Wildman–Crippen LogP) is 0.653. The predicted molar refractivity (Wildman–Crippen MR) is 94.2 cm³/mol. The van der Waals surface area contributed by atoms with Crippen molar-refractivity contribution in [3.8, 4) is 0 Å². The van der Waals surface area contributed by atoms with Gasteiger partial charge in [-0.25, -0.2) is 13.2 Å². The summed E-state index contributed by atoms with van der Waals surface area (Å²) in [5.41, 5.74) is 0. The highest BCUT2D eigenvalue weighted by Gasteiger charge is 2.36. The summed E-state index contributed by atoms with van der Waals surface area (Å²) in [5, 5.41) is 2.78. The number of hydrogen-bond acceptors (Lipinski definition) is 5. The maximum absolute atomic E-state index is 12.8. The zero-order valence-corrected chi connectivity index (χ0v) is 16.1. The van der Waals surface area contributed by atoms with E-state index >= 15 is 0 Å². The lowest BCUT2D eigenvalue weighted by Gasteiger charge is -2.41. The lowest BCUT2D eigenvalue weighted by Crippen LogP contribution is -2.62. The molecular formula is C15H19BrN4O4S. The van der Waals surface area contributed by atoms with Gasteiger partial charge in [0.15, 0.2) is 0 Å². The number of piperazine rings is 1. The Hall–Kier alpha value is -1.49. The number of imide groups is 1. The number of nitrogens with one attached hydrogen (secondary N) is 1. The summed E-state index contributed by atoms with van der Waals surface area (Å²) in [6.45, 7) is 1.51. The number of nitrogens with zero attached hydrogens (tertiary/aromatic N) is 3. The second-order valence-electron chi connectivity index (χ2n) is 5.99. The molecule has 0 bridgehead atoms. The van der Waals surface area contributed by atoms with Gasteiger partial charge in [0.1, 0.15) is 0 Å². The van der Waals surface area contributed by atoms with E-state index in [9.17, 15) is 18.0 Å². The maximum atomic E-state index is 12.8. The summed E-state index contributed by atoms with van der Waals surface area (Å²) in [7, 11) is -2.14. The zero-order chi connectivity index (χ0) is 18.2. The molecule has 8 nitrogen and oxygen atoms in total. The number of halogens is 1. The molecule has 25 heavy (non-hydrogen) atoms. The lowest BCUT2D eigenvalue weighted by atomic mass is 10.2. The monoisotopic (exact) mass is 430 g/mol. The minimum atomic E-state index is -3.58. The highest BCUT2D eigenvalue weighted by Crippen LogP contribution is 2.26. The number of rotatable bonds is 3. The zero-order valence-electron chi connectivity index (χ0n) is 13.7. The topological polar surface area (TPSA) is 90.0 Å². The third-order valence-electron chi connectivity index (χ3n) is 4.51. The molecule has 3 rings (SSSR count). The molecule has 0 spiro atoms. The van der Waals surface area contributed by atoms with Crippen LogP contribution >= 0.6 is 15.9 Å². The second-order valence-corrected chi connectivity index (χ2v) is 8.75. The summed E-state index contributed by atoms with van der Waals surface area (Å²) in [6, 6.07) is 6.29. The van der Waals surface area contributed by atoms with Crippen LogP contribution in [-0.4, -0.2) is 73.9 Å². The van der Waals surface area contributed by atoms with Crippen LogP contribution in [0.1, 0.15) is 6.42 Å². The van der Waals surface area contributed by atoms with Crippen LogP contribution in [0.25, 0.3) is 0 Å². The molecular weight excluding hydrogens is 412 g/mol. The first-order valence-electron chi connectivity index (χ1n) is 7.86. The minimum Gasteiger partial charge on any atom is -0.322 e. The molecule has 1 aromatic carbocycles. The van der Waals surface area contributed by atoms with Crippen molar-refractivity contribution in [2.75, 3.05) is 33.2 Å². The second kappa shape index (κ2) is 7.02. The van der Waals surface area contributed by atoms with Gasteiger partial charge in [-0.1, -0.05) is 12.1 Å². The quantitative estimate of drug-likeness (QED) is 0.760. The van der Waals surface area contributed by atoms with Crippen molar-refractivity contribution in [1.29, 1.82) is 0 Å². The van der Waals surface area contributed by atoms with Gasteiger partial charge in [0.05, 0.1) is 17.5 Å². The Bertz CT molecular complexity index is 774. The van der Waals surface area contributed by atoms with Crippen molar-refractivity contribution in [1.82, 2.24) is 19.4 Å². The molecule has 1 unspecified atom stereocenters. The van der Waals surface area contributed by atoms with E-state index in [1.165, 1.54) is 11.4 Å². The summed E-state index contributed by atoms with van der Waals surface area (Å²) >= 11 is 3.29. The van der Waals surface area contributed by atoms with Crippen LogP contribution in [-0.2, 0) is 14.8 Å². The van der Waals surface area contributed by atoms with E-state index in [2.05, 4.69) is 21.2 Å². The summed E-state index contributed by atoms with van der Waals surface area (Å²) in [4.78, 5) is 26.8. The molecule has 1 atom stereocenters. The van der Waals surface area contributed by atoms with Gasteiger partial charge in [0.2, 0.25) is 15.9 Å². The number of carbonyl (C=O) groups is 2. The van der Waals surface area contributed by atoms with Crippen molar-refractivity contribution in [2.45, 2.75) is 17.5 Å². The van der Waals surface area contributed by atoms with Crippen molar-refractivity contribution in [2.24, 2.45) is 0 Å². The Morgan fingerprint density at radius 3 is 2.36 bits per heavy atom. The minimum absolute atomic E-state index is 0.194. The molecule has 2 saturated heterocycles. The van der Waals surface area contributed by atoms with Gasteiger partial charge in [-0.3, -0.25) is 14.6 Å². The van der Waals surface area contributed by atoms with Crippen molar-refractivity contribution in [3.63, 3.8) is 0 Å². The lowest BCUT2D eigenvalue weighted by molar-refractivity contribution is -0.130. The van der Waals surface area contributed by atoms with E-state index in [0.717, 1.165) is 4.90 Å². The molecule has 2 aliphatic rings. The van der Waals surface area contributed by atoms with Gasteiger partial charge < -0.3 is 5.32 Å².